The van der Waals surface area contributed by atoms with E-state index in [2.05, 4.69) is 28.3 Å². The number of aryl methyl sites for hydroxylation is 1. The van der Waals surface area contributed by atoms with Crippen LogP contribution in [0.3, 0.4) is 0 Å². The van der Waals surface area contributed by atoms with Crippen LogP contribution in [0.1, 0.15) is 18.2 Å². The van der Waals surface area contributed by atoms with Crippen LogP contribution >= 0.6 is 0 Å². The number of nitrogens with one attached hydrogen (secondary N) is 1. The molecule has 0 unspecified atom stereocenters. The van der Waals surface area contributed by atoms with Crippen molar-refractivity contribution >= 4 is 0 Å². The summed E-state index contributed by atoms with van der Waals surface area (Å²) in [6.45, 7) is 2.81. The molecule has 1 heterocycles. The average Bonchev–Trinajstić information content (AvgIpc) is 2.42. The van der Waals surface area contributed by atoms with Crippen LogP contribution in [-0.4, -0.2) is 17.0 Å². The van der Waals surface area contributed by atoms with Gasteiger partial charge in [0.15, 0.2) is 0 Å². The third-order valence-corrected chi connectivity index (χ3v) is 2.61. The number of aromatic nitrogens is 2. The minimum atomic E-state index is 0.524. The maximum Gasteiger partial charge on any atom is 0.237 e. The molecule has 0 atom stereocenters. The monoisotopic (exact) mass is 243 g/mol. The van der Waals surface area contributed by atoms with Crippen LogP contribution < -0.4 is 10.1 Å². The fourth-order valence-electron chi connectivity index (χ4n) is 1.68. The molecular weight excluding hydrogens is 226 g/mol. The largest absolute Gasteiger partial charge is 0.437 e. The molecule has 0 radical (unpaired) electrons. The molecule has 0 saturated carbocycles. The van der Waals surface area contributed by atoms with Crippen LogP contribution in [0.15, 0.2) is 36.7 Å². The summed E-state index contributed by atoms with van der Waals surface area (Å²) in [6.07, 6.45) is 4.31. The Morgan fingerprint density at radius 2 is 2.00 bits per heavy atom. The second kappa shape index (κ2) is 6.12. The Morgan fingerprint density at radius 3 is 2.67 bits per heavy atom. The SMILES string of the molecule is CCc1ccccc1Oc1cnc(CNC)cn1. The van der Waals surface area contributed by atoms with E-state index in [9.17, 15) is 0 Å². The molecule has 0 saturated heterocycles. The zero-order valence-corrected chi connectivity index (χ0v) is 10.7. The van der Waals surface area contributed by atoms with Gasteiger partial charge in [-0.1, -0.05) is 25.1 Å². The van der Waals surface area contributed by atoms with Crippen molar-refractivity contribution in [3.05, 3.63) is 47.9 Å². The molecule has 1 aromatic carbocycles. The molecule has 2 rings (SSSR count). The van der Waals surface area contributed by atoms with Gasteiger partial charge in [-0.05, 0) is 25.1 Å². The molecule has 0 amide bonds. The van der Waals surface area contributed by atoms with Crippen LogP contribution in [0, 0.1) is 0 Å². The number of benzene rings is 1. The van der Waals surface area contributed by atoms with Crippen LogP contribution in [0.4, 0.5) is 0 Å². The average molecular weight is 243 g/mol. The van der Waals surface area contributed by atoms with Crippen molar-refractivity contribution in [2.24, 2.45) is 0 Å². The summed E-state index contributed by atoms with van der Waals surface area (Å²) in [7, 11) is 1.88. The van der Waals surface area contributed by atoms with Crippen molar-refractivity contribution in [2.45, 2.75) is 19.9 Å². The van der Waals surface area contributed by atoms with E-state index in [4.69, 9.17) is 4.74 Å². The Labute approximate surface area is 107 Å². The smallest absolute Gasteiger partial charge is 0.237 e. The predicted octanol–water partition coefficient (Wildman–Crippen LogP) is 2.55. The van der Waals surface area contributed by atoms with Gasteiger partial charge in [0.2, 0.25) is 5.88 Å². The standard InChI is InChI=1S/C14H17N3O/c1-3-11-6-4-5-7-13(11)18-14-10-16-12(8-15-2)9-17-14/h4-7,9-10,15H,3,8H2,1-2H3. The number of rotatable bonds is 5. The van der Waals surface area contributed by atoms with Gasteiger partial charge in [0.1, 0.15) is 5.75 Å². The highest BCUT2D eigenvalue weighted by Gasteiger charge is 2.04. The van der Waals surface area contributed by atoms with Crippen molar-refractivity contribution in [1.29, 1.82) is 0 Å². The third kappa shape index (κ3) is 3.05. The zero-order chi connectivity index (χ0) is 12.8. The highest BCUT2D eigenvalue weighted by Crippen LogP contribution is 2.23. The molecule has 2 aromatic rings. The second-order valence-corrected chi connectivity index (χ2v) is 3.94. The topological polar surface area (TPSA) is 47.0 Å². The minimum absolute atomic E-state index is 0.524. The van der Waals surface area contributed by atoms with Gasteiger partial charge >= 0.3 is 0 Å². The minimum Gasteiger partial charge on any atom is -0.437 e. The number of hydrogen-bond donors (Lipinski definition) is 1. The first-order valence-corrected chi connectivity index (χ1v) is 6.04. The number of para-hydroxylation sites is 1. The fraction of sp³-hybridized carbons (Fsp3) is 0.286. The van der Waals surface area contributed by atoms with Gasteiger partial charge < -0.3 is 10.1 Å². The lowest BCUT2D eigenvalue weighted by molar-refractivity contribution is 0.454. The molecule has 0 fully saturated rings. The quantitative estimate of drug-likeness (QED) is 0.876. The first-order valence-electron chi connectivity index (χ1n) is 6.04. The van der Waals surface area contributed by atoms with Gasteiger partial charge in [-0.2, -0.15) is 0 Å². The lowest BCUT2D eigenvalue weighted by atomic mass is 10.1. The van der Waals surface area contributed by atoms with E-state index in [0.29, 0.717) is 12.4 Å². The molecule has 4 nitrogen and oxygen atoms in total. The summed E-state index contributed by atoms with van der Waals surface area (Å²) in [5, 5.41) is 3.03. The summed E-state index contributed by atoms with van der Waals surface area (Å²) >= 11 is 0. The molecule has 0 aliphatic rings. The van der Waals surface area contributed by atoms with Gasteiger partial charge in [0, 0.05) is 6.54 Å². The van der Waals surface area contributed by atoms with E-state index in [-0.39, 0.29) is 0 Å². The van der Waals surface area contributed by atoms with E-state index in [1.54, 1.807) is 12.4 Å². The molecule has 0 bridgehead atoms. The number of hydrogen-bond acceptors (Lipinski definition) is 4. The van der Waals surface area contributed by atoms with E-state index < -0.39 is 0 Å². The zero-order valence-electron chi connectivity index (χ0n) is 10.7. The first-order chi connectivity index (χ1) is 8.83. The van der Waals surface area contributed by atoms with Crippen LogP contribution in [0.2, 0.25) is 0 Å². The van der Waals surface area contributed by atoms with Gasteiger partial charge in [0.25, 0.3) is 0 Å². The van der Waals surface area contributed by atoms with Gasteiger partial charge in [-0.25, -0.2) is 4.98 Å². The lowest BCUT2D eigenvalue weighted by Gasteiger charge is -2.08. The molecular formula is C14H17N3O. The van der Waals surface area contributed by atoms with Crippen LogP contribution in [-0.2, 0) is 13.0 Å². The van der Waals surface area contributed by atoms with E-state index in [1.807, 2.05) is 25.2 Å². The summed E-state index contributed by atoms with van der Waals surface area (Å²) < 4.78 is 5.74. The Kier molecular flexibility index (Phi) is 4.25. The Hall–Kier alpha value is -1.94. The second-order valence-electron chi connectivity index (χ2n) is 3.94. The summed E-state index contributed by atoms with van der Waals surface area (Å²) in [5.74, 6) is 1.37. The van der Waals surface area contributed by atoms with Crippen molar-refractivity contribution in [3.8, 4) is 11.6 Å². The predicted molar refractivity (Wildman–Crippen MR) is 70.7 cm³/mol. The van der Waals surface area contributed by atoms with Crippen molar-refractivity contribution in [3.63, 3.8) is 0 Å². The maximum absolute atomic E-state index is 5.74. The highest BCUT2D eigenvalue weighted by atomic mass is 16.5. The van der Waals surface area contributed by atoms with Crippen LogP contribution in [0.25, 0.3) is 0 Å². The Morgan fingerprint density at radius 1 is 1.17 bits per heavy atom. The summed E-state index contributed by atoms with van der Waals surface area (Å²) in [4.78, 5) is 8.51. The molecule has 1 N–H and O–H groups in total. The third-order valence-electron chi connectivity index (χ3n) is 2.61. The molecule has 0 spiro atoms. The number of nitrogens with zero attached hydrogens (tertiary/aromatic N) is 2. The first kappa shape index (κ1) is 12.5. The van der Waals surface area contributed by atoms with E-state index >= 15 is 0 Å². The normalized spacial score (nSPS) is 10.3. The maximum atomic E-state index is 5.74. The Bertz CT molecular complexity index is 497. The van der Waals surface area contributed by atoms with Gasteiger partial charge in [-0.15, -0.1) is 0 Å². The van der Waals surface area contributed by atoms with Crippen molar-refractivity contribution in [1.82, 2.24) is 15.3 Å². The molecule has 18 heavy (non-hydrogen) atoms. The van der Waals surface area contributed by atoms with E-state index in [1.165, 1.54) is 5.56 Å². The summed E-state index contributed by atoms with van der Waals surface area (Å²) in [6, 6.07) is 7.96. The van der Waals surface area contributed by atoms with Crippen molar-refractivity contribution < 1.29 is 4.74 Å². The van der Waals surface area contributed by atoms with Crippen LogP contribution in [0.5, 0.6) is 11.6 Å². The number of ether oxygens (including phenoxy) is 1. The highest BCUT2D eigenvalue weighted by molar-refractivity contribution is 5.35. The summed E-state index contributed by atoms with van der Waals surface area (Å²) in [5.41, 5.74) is 2.06. The molecule has 4 heteroatoms. The van der Waals surface area contributed by atoms with Gasteiger partial charge in [-0.3, -0.25) is 4.98 Å². The molecule has 1 aromatic heterocycles. The van der Waals surface area contributed by atoms with Crippen molar-refractivity contribution in [2.75, 3.05) is 7.05 Å². The lowest BCUT2D eigenvalue weighted by Crippen LogP contribution is -2.07. The van der Waals surface area contributed by atoms with E-state index in [0.717, 1.165) is 17.9 Å². The molecule has 0 aliphatic carbocycles. The Balaban J connectivity index is 2.13. The molecule has 94 valence electrons. The fourth-order valence-corrected chi connectivity index (χ4v) is 1.68. The molecule has 0 aliphatic heterocycles. The van der Waals surface area contributed by atoms with Gasteiger partial charge in [0.05, 0.1) is 18.1 Å².